The smallest absolute Gasteiger partial charge is 0.344 e. The average molecular weight is 527 g/mol. The average Bonchev–Trinajstić information content (AvgIpc) is 3.42. The zero-order chi connectivity index (χ0) is 24.0. The van der Waals surface area contributed by atoms with Gasteiger partial charge in [0.05, 0.1) is 35.6 Å². The van der Waals surface area contributed by atoms with Gasteiger partial charge in [-0.25, -0.2) is 4.79 Å². The van der Waals surface area contributed by atoms with Crippen LogP contribution in [0, 0.1) is 6.92 Å². The van der Waals surface area contributed by atoms with Crippen LogP contribution in [0.1, 0.15) is 22.8 Å². The van der Waals surface area contributed by atoms with Gasteiger partial charge in [-0.05, 0) is 52.7 Å². The van der Waals surface area contributed by atoms with Gasteiger partial charge in [0.2, 0.25) is 0 Å². The number of carbonyl (C=O) groups is 1. The Hall–Kier alpha value is -3.79. The van der Waals surface area contributed by atoms with Gasteiger partial charge in [-0.2, -0.15) is 0 Å². The maximum Gasteiger partial charge on any atom is 0.344 e. The van der Waals surface area contributed by atoms with Crippen molar-refractivity contribution in [3.8, 4) is 17.2 Å². The van der Waals surface area contributed by atoms with Crippen LogP contribution >= 0.6 is 15.9 Å². The van der Waals surface area contributed by atoms with Crippen molar-refractivity contribution < 1.29 is 27.9 Å². The molecule has 3 heterocycles. The number of methoxy groups -OCH3 is 2. The molecule has 5 rings (SSSR count). The quantitative estimate of drug-likeness (QED) is 0.380. The number of aryl methyl sites for hydroxylation is 1. The summed E-state index contributed by atoms with van der Waals surface area (Å²) >= 11 is 3.49. The number of ether oxygens (including phenoxy) is 3. The molecule has 0 bridgehead atoms. The van der Waals surface area contributed by atoms with Crippen LogP contribution in [0.5, 0.6) is 17.2 Å². The second-order valence-corrected chi connectivity index (χ2v) is 8.55. The first-order valence-electron chi connectivity index (χ1n) is 10.3. The molecular weight excluding hydrogens is 508 g/mol. The number of nitrogens with zero attached hydrogens (tertiary/aromatic N) is 1. The fourth-order valence-electron chi connectivity index (χ4n) is 4.16. The lowest BCUT2D eigenvalue weighted by Crippen LogP contribution is -2.35. The van der Waals surface area contributed by atoms with E-state index in [9.17, 15) is 9.59 Å². The Morgan fingerprint density at radius 3 is 2.65 bits per heavy atom. The van der Waals surface area contributed by atoms with Crippen molar-refractivity contribution in [1.29, 1.82) is 0 Å². The predicted octanol–water partition coefficient (Wildman–Crippen LogP) is 4.40. The molecule has 2 aromatic carbocycles. The van der Waals surface area contributed by atoms with Gasteiger partial charge in [0, 0.05) is 6.07 Å². The van der Waals surface area contributed by atoms with Crippen LogP contribution in [0.4, 0.5) is 5.82 Å². The molecule has 1 aliphatic rings. The van der Waals surface area contributed by atoms with Crippen LogP contribution in [-0.4, -0.2) is 31.4 Å². The predicted molar refractivity (Wildman–Crippen MR) is 126 cm³/mol. The van der Waals surface area contributed by atoms with Crippen molar-refractivity contribution in [3.63, 3.8) is 0 Å². The first-order chi connectivity index (χ1) is 16.4. The molecule has 1 aliphatic heterocycles. The molecule has 0 radical (unpaired) electrons. The van der Waals surface area contributed by atoms with Crippen molar-refractivity contribution in [1.82, 2.24) is 5.16 Å². The molecule has 0 spiro atoms. The Labute approximate surface area is 201 Å². The van der Waals surface area contributed by atoms with Crippen LogP contribution in [0.2, 0.25) is 0 Å². The molecule has 0 fully saturated rings. The van der Waals surface area contributed by atoms with E-state index in [0.717, 1.165) is 0 Å². The highest BCUT2D eigenvalue weighted by molar-refractivity contribution is 9.10. The Morgan fingerprint density at radius 2 is 1.94 bits per heavy atom. The Balaban J connectivity index is 1.69. The number of benzene rings is 2. The van der Waals surface area contributed by atoms with Gasteiger partial charge < -0.3 is 28.5 Å². The molecular formula is C24H19BrN2O7. The molecule has 34 heavy (non-hydrogen) atoms. The number of rotatable bonds is 5. The lowest BCUT2D eigenvalue weighted by atomic mass is 9.88. The summed E-state index contributed by atoms with van der Waals surface area (Å²) in [5, 5.41) is 7.11. The minimum atomic E-state index is -1.09. The van der Waals surface area contributed by atoms with Crippen LogP contribution in [0.3, 0.4) is 0 Å². The molecule has 2 aromatic heterocycles. The van der Waals surface area contributed by atoms with E-state index in [1.807, 2.05) is 0 Å². The number of amides is 1. The van der Waals surface area contributed by atoms with Gasteiger partial charge >= 0.3 is 5.63 Å². The molecule has 1 amide bonds. The molecule has 1 N–H and O–H groups in total. The van der Waals surface area contributed by atoms with Gasteiger partial charge in [-0.1, -0.05) is 17.3 Å². The highest BCUT2D eigenvalue weighted by atomic mass is 79.9. The van der Waals surface area contributed by atoms with E-state index in [1.54, 1.807) is 49.4 Å². The van der Waals surface area contributed by atoms with E-state index in [2.05, 4.69) is 26.4 Å². The molecule has 2 unspecified atom stereocenters. The molecule has 4 aromatic rings. The van der Waals surface area contributed by atoms with Gasteiger partial charge in [0.15, 0.2) is 23.4 Å². The number of carbonyl (C=O) groups excluding carboxylic acids is 1. The lowest BCUT2D eigenvalue weighted by molar-refractivity contribution is -0.122. The normalized spacial score (nSPS) is 16.7. The summed E-state index contributed by atoms with van der Waals surface area (Å²) in [6.07, 6.45) is -1.09. The zero-order valence-corrected chi connectivity index (χ0v) is 20.0. The van der Waals surface area contributed by atoms with Gasteiger partial charge in [-0.15, -0.1) is 0 Å². The number of hydrogen-bond acceptors (Lipinski definition) is 8. The second-order valence-electron chi connectivity index (χ2n) is 7.69. The third-order valence-electron chi connectivity index (χ3n) is 5.61. The summed E-state index contributed by atoms with van der Waals surface area (Å²) in [7, 11) is 3.03. The van der Waals surface area contributed by atoms with Crippen molar-refractivity contribution >= 4 is 38.6 Å². The largest absolute Gasteiger partial charge is 0.493 e. The summed E-state index contributed by atoms with van der Waals surface area (Å²) in [6, 6.07) is 12.1. The number of halogens is 1. The van der Waals surface area contributed by atoms with E-state index >= 15 is 0 Å². The monoisotopic (exact) mass is 526 g/mol. The highest BCUT2D eigenvalue weighted by Gasteiger charge is 2.45. The van der Waals surface area contributed by atoms with Crippen molar-refractivity contribution in [2.75, 3.05) is 19.5 Å². The van der Waals surface area contributed by atoms with Crippen LogP contribution in [-0.2, 0) is 4.79 Å². The molecule has 10 heteroatoms. The minimum absolute atomic E-state index is 0.242. The number of hydrogen-bond donors (Lipinski definition) is 1. The zero-order valence-electron chi connectivity index (χ0n) is 18.4. The highest BCUT2D eigenvalue weighted by Crippen LogP contribution is 2.47. The van der Waals surface area contributed by atoms with Crippen LogP contribution in [0.15, 0.2) is 60.7 Å². The number of nitrogens with one attached hydrogen (secondary N) is 1. The van der Waals surface area contributed by atoms with E-state index < -0.39 is 23.6 Å². The van der Waals surface area contributed by atoms with Crippen LogP contribution < -0.4 is 25.2 Å². The summed E-state index contributed by atoms with van der Waals surface area (Å²) in [4.78, 5) is 26.5. The third kappa shape index (κ3) is 3.60. The topological polar surface area (TPSA) is 113 Å². The number of para-hydroxylation sites is 1. The number of fused-ring (bicyclic) bond motifs is 3. The van der Waals surface area contributed by atoms with Crippen molar-refractivity contribution in [2.45, 2.75) is 18.9 Å². The van der Waals surface area contributed by atoms with E-state index in [4.69, 9.17) is 23.2 Å². The maximum atomic E-state index is 13.4. The van der Waals surface area contributed by atoms with Crippen LogP contribution in [0.25, 0.3) is 11.0 Å². The maximum absolute atomic E-state index is 13.4. The van der Waals surface area contributed by atoms with Gasteiger partial charge in [0.1, 0.15) is 17.1 Å². The van der Waals surface area contributed by atoms with Crippen molar-refractivity contribution in [2.24, 2.45) is 0 Å². The fourth-order valence-corrected chi connectivity index (χ4v) is 4.79. The molecule has 2 atom stereocenters. The first-order valence-corrected chi connectivity index (χ1v) is 11.1. The Morgan fingerprint density at radius 1 is 1.15 bits per heavy atom. The standard InChI is InChI=1S/C24H19BrN2O7/c1-11-8-17(27-34-11)26-23(28)22-18(12-9-14(25)21(31-3)16(10-12)30-2)19-20(33-22)13-6-4-5-7-15(13)32-24(19)29/h4-10,18,22H,1-3H3,(H,26,27,28). The van der Waals surface area contributed by atoms with E-state index in [-0.39, 0.29) is 11.4 Å². The minimum Gasteiger partial charge on any atom is -0.493 e. The number of aromatic nitrogens is 1. The molecule has 9 nitrogen and oxygen atoms in total. The molecule has 0 saturated heterocycles. The SMILES string of the molecule is COc1cc(C2c3c(c4ccccc4oc3=O)OC2C(=O)Nc2cc(C)on2)cc(Br)c1OC. The second kappa shape index (κ2) is 8.53. The fraction of sp³-hybridized carbons (Fsp3) is 0.208. The Bertz CT molecular complexity index is 1480. The molecule has 174 valence electrons. The van der Waals surface area contributed by atoms with Gasteiger partial charge in [-0.3, -0.25) is 4.79 Å². The van der Waals surface area contributed by atoms with E-state index in [1.165, 1.54) is 14.2 Å². The lowest BCUT2D eigenvalue weighted by Gasteiger charge is -2.20. The molecule has 0 saturated carbocycles. The summed E-state index contributed by atoms with van der Waals surface area (Å²) in [6.45, 7) is 1.71. The van der Waals surface area contributed by atoms with Gasteiger partial charge in [0.25, 0.3) is 5.91 Å². The first kappa shape index (κ1) is 22.0. The summed E-state index contributed by atoms with van der Waals surface area (Å²) < 4.78 is 28.3. The summed E-state index contributed by atoms with van der Waals surface area (Å²) in [5.41, 5.74) is 0.625. The Kier molecular flexibility index (Phi) is 5.52. The van der Waals surface area contributed by atoms with Crippen molar-refractivity contribution in [3.05, 3.63) is 74.2 Å². The van der Waals surface area contributed by atoms with E-state index in [0.29, 0.717) is 44.0 Å². The number of anilines is 1. The third-order valence-corrected chi connectivity index (χ3v) is 6.20. The summed E-state index contributed by atoms with van der Waals surface area (Å²) in [5.74, 6) is 0.707. The molecule has 0 aliphatic carbocycles.